The summed E-state index contributed by atoms with van der Waals surface area (Å²) in [4.78, 5) is 22.7. The summed E-state index contributed by atoms with van der Waals surface area (Å²) >= 11 is 0. The summed E-state index contributed by atoms with van der Waals surface area (Å²) in [6.07, 6.45) is 3.68. The lowest BCUT2D eigenvalue weighted by Crippen LogP contribution is -2.46. The van der Waals surface area contributed by atoms with Crippen LogP contribution in [0.4, 0.5) is 0 Å². The van der Waals surface area contributed by atoms with E-state index in [1.54, 1.807) is 0 Å². The molecule has 1 amide bonds. The molecule has 4 N–H and O–H groups in total. The summed E-state index contributed by atoms with van der Waals surface area (Å²) in [5.41, 5.74) is 4.80. The number of amides is 1. The predicted molar refractivity (Wildman–Crippen MR) is 59.8 cm³/mol. The van der Waals surface area contributed by atoms with Crippen LogP contribution >= 0.6 is 0 Å². The first-order valence-corrected chi connectivity index (χ1v) is 5.78. The van der Waals surface area contributed by atoms with Gasteiger partial charge in [-0.25, -0.2) is 0 Å². The summed E-state index contributed by atoms with van der Waals surface area (Å²) in [7, 11) is 0. The Morgan fingerprint density at radius 3 is 2.44 bits per heavy atom. The molecule has 5 nitrogen and oxygen atoms in total. The van der Waals surface area contributed by atoms with E-state index in [0.29, 0.717) is 19.3 Å². The van der Waals surface area contributed by atoms with E-state index in [-0.39, 0.29) is 12.5 Å². The Bertz CT molecular complexity index is 272. The number of carbonyl (C=O) groups is 2. The van der Waals surface area contributed by atoms with Gasteiger partial charge in [0.05, 0.1) is 11.5 Å². The second kappa shape index (κ2) is 5.30. The van der Waals surface area contributed by atoms with Crippen molar-refractivity contribution in [1.29, 1.82) is 0 Å². The summed E-state index contributed by atoms with van der Waals surface area (Å²) in [6.45, 7) is 2.03. The first-order chi connectivity index (χ1) is 7.52. The van der Waals surface area contributed by atoms with Gasteiger partial charge in [0, 0.05) is 6.54 Å². The molecule has 0 aromatic carbocycles. The number of carbonyl (C=O) groups excluding carboxylic acids is 1. The number of nitrogens with two attached hydrogens (primary N) is 1. The van der Waals surface area contributed by atoms with Crippen molar-refractivity contribution in [2.75, 3.05) is 6.54 Å². The van der Waals surface area contributed by atoms with Gasteiger partial charge in [-0.2, -0.15) is 0 Å². The maximum atomic E-state index is 11.5. The van der Waals surface area contributed by atoms with Gasteiger partial charge < -0.3 is 16.2 Å². The molecule has 0 spiro atoms. The summed E-state index contributed by atoms with van der Waals surface area (Å²) in [5.74, 6) is -1.06. The standard InChI is InChI=1S/C11H20N2O3/c1-2-8(12)9(14)13-7-11(10(15)16)5-3-4-6-11/h8H,2-7,12H2,1H3,(H,13,14)(H,15,16). The minimum Gasteiger partial charge on any atom is -0.481 e. The molecule has 0 saturated heterocycles. The Kier molecular flexibility index (Phi) is 4.29. The largest absolute Gasteiger partial charge is 0.481 e. The molecule has 0 radical (unpaired) electrons. The molecule has 5 heteroatoms. The van der Waals surface area contributed by atoms with Crippen molar-refractivity contribution in [1.82, 2.24) is 5.32 Å². The molecule has 1 fully saturated rings. The van der Waals surface area contributed by atoms with E-state index in [1.807, 2.05) is 6.92 Å². The highest BCUT2D eigenvalue weighted by atomic mass is 16.4. The minimum absolute atomic E-state index is 0.203. The summed E-state index contributed by atoms with van der Waals surface area (Å²) in [5, 5.41) is 11.8. The number of hydrogen-bond donors (Lipinski definition) is 3. The fourth-order valence-corrected chi connectivity index (χ4v) is 2.09. The van der Waals surface area contributed by atoms with Crippen molar-refractivity contribution < 1.29 is 14.7 Å². The van der Waals surface area contributed by atoms with Crippen molar-refractivity contribution in [3.8, 4) is 0 Å². The van der Waals surface area contributed by atoms with E-state index in [0.717, 1.165) is 12.8 Å². The van der Waals surface area contributed by atoms with Crippen molar-refractivity contribution in [2.24, 2.45) is 11.1 Å². The van der Waals surface area contributed by atoms with Crippen LogP contribution in [0.1, 0.15) is 39.0 Å². The predicted octanol–water partition coefficient (Wildman–Crippen LogP) is 0.485. The molecule has 16 heavy (non-hydrogen) atoms. The third-order valence-electron chi connectivity index (χ3n) is 3.39. The summed E-state index contributed by atoms with van der Waals surface area (Å²) in [6, 6.07) is -0.535. The Balaban J connectivity index is 2.51. The molecule has 1 aliphatic carbocycles. The van der Waals surface area contributed by atoms with Crippen LogP contribution in [0.25, 0.3) is 0 Å². The van der Waals surface area contributed by atoms with Crippen LogP contribution in [-0.2, 0) is 9.59 Å². The van der Waals surface area contributed by atoms with E-state index in [1.165, 1.54) is 0 Å². The van der Waals surface area contributed by atoms with Gasteiger partial charge in [0.1, 0.15) is 0 Å². The highest BCUT2D eigenvalue weighted by molar-refractivity contribution is 5.82. The SMILES string of the molecule is CCC(N)C(=O)NCC1(C(=O)O)CCCC1. The smallest absolute Gasteiger partial charge is 0.311 e. The third kappa shape index (κ3) is 2.72. The van der Waals surface area contributed by atoms with Gasteiger partial charge in [-0.1, -0.05) is 19.8 Å². The molecule has 0 bridgehead atoms. The van der Waals surface area contributed by atoms with E-state index < -0.39 is 17.4 Å². The Hall–Kier alpha value is -1.10. The molecular formula is C11H20N2O3. The molecule has 0 heterocycles. The lowest BCUT2D eigenvalue weighted by molar-refractivity contribution is -0.148. The van der Waals surface area contributed by atoms with Gasteiger partial charge in [0.2, 0.25) is 5.91 Å². The van der Waals surface area contributed by atoms with Crippen LogP contribution in [-0.4, -0.2) is 29.6 Å². The second-order valence-electron chi connectivity index (χ2n) is 4.53. The van der Waals surface area contributed by atoms with Gasteiger partial charge in [-0.15, -0.1) is 0 Å². The van der Waals surface area contributed by atoms with Gasteiger partial charge in [0.25, 0.3) is 0 Å². The van der Waals surface area contributed by atoms with Gasteiger partial charge in [-0.05, 0) is 19.3 Å². The molecule has 0 aromatic rings. The van der Waals surface area contributed by atoms with E-state index >= 15 is 0 Å². The molecule has 1 saturated carbocycles. The number of rotatable bonds is 5. The van der Waals surface area contributed by atoms with Crippen LogP contribution in [0.2, 0.25) is 0 Å². The second-order valence-corrected chi connectivity index (χ2v) is 4.53. The fourth-order valence-electron chi connectivity index (χ4n) is 2.09. The van der Waals surface area contributed by atoms with Crippen LogP contribution < -0.4 is 11.1 Å². The number of hydrogen-bond acceptors (Lipinski definition) is 3. The Labute approximate surface area is 95.4 Å². The van der Waals surface area contributed by atoms with Crippen LogP contribution in [0, 0.1) is 5.41 Å². The summed E-state index contributed by atoms with van der Waals surface area (Å²) < 4.78 is 0. The van der Waals surface area contributed by atoms with Gasteiger partial charge in [0.15, 0.2) is 0 Å². The van der Waals surface area contributed by atoms with E-state index in [4.69, 9.17) is 5.73 Å². The number of aliphatic carboxylic acids is 1. The van der Waals surface area contributed by atoms with Gasteiger partial charge >= 0.3 is 5.97 Å². The van der Waals surface area contributed by atoms with Crippen molar-refractivity contribution >= 4 is 11.9 Å². The van der Waals surface area contributed by atoms with Crippen LogP contribution in [0.15, 0.2) is 0 Å². The van der Waals surface area contributed by atoms with Gasteiger partial charge in [-0.3, -0.25) is 9.59 Å². The minimum atomic E-state index is -0.810. The molecule has 1 atom stereocenters. The first kappa shape index (κ1) is 13.0. The molecule has 1 unspecified atom stereocenters. The lowest BCUT2D eigenvalue weighted by Gasteiger charge is -2.24. The molecule has 1 aliphatic rings. The van der Waals surface area contributed by atoms with E-state index in [9.17, 15) is 14.7 Å². The first-order valence-electron chi connectivity index (χ1n) is 5.78. The van der Waals surface area contributed by atoms with E-state index in [2.05, 4.69) is 5.32 Å². The monoisotopic (exact) mass is 228 g/mol. The maximum absolute atomic E-state index is 11.5. The topological polar surface area (TPSA) is 92.4 Å². The Morgan fingerprint density at radius 1 is 1.44 bits per heavy atom. The molecule has 1 rings (SSSR count). The number of carboxylic acids is 1. The molecular weight excluding hydrogens is 208 g/mol. The van der Waals surface area contributed by atoms with Crippen molar-refractivity contribution in [3.63, 3.8) is 0 Å². The van der Waals surface area contributed by atoms with Crippen LogP contribution in [0.5, 0.6) is 0 Å². The molecule has 0 aliphatic heterocycles. The fraction of sp³-hybridized carbons (Fsp3) is 0.818. The van der Waals surface area contributed by atoms with Crippen LogP contribution in [0.3, 0.4) is 0 Å². The normalized spacial score (nSPS) is 20.4. The zero-order valence-electron chi connectivity index (χ0n) is 9.66. The molecule has 92 valence electrons. The maximum Gasteiger partial charge on any atom is 0.311 e. The highest BCUT2D eigenvalue weighted by Crippen LogP contribution is 2.37. The molecule has 0 aromatic heterocycles. The third-order valence-corrected chi connectivity index (χ3v) is 3.39. The number of nitrogens with one attached hydrogen (secondary N) is 1. The zero-order valence-corrected chi connectivity index (χ0v) is 9.66. The average Bonchev–Trinajstić information content (AvgIpc) is 2.74. The average molecular weight is 228 g/mol. The van der Waals surface area contributed by atoms with Crippen molar-refractivity contribution in [3.05, 3.63) is 0 Å². The van der Waals surface area contributed by atoms with Crippen molar-refractivity contribution in [2.45, 2.75) is 45.1 Å². The quantitative estimate of drug-likeness (QED) is 0.638. The number of carboxylic acid groups (broad SMARTS) is 1. The lowest BCUT2D eigenvalue weighted by atomic mass is 9.86. The highest BCUT2D eigenvalue weighted by Gasteiger charge is 2.41. The Morgan fingerprint density at radius 2 is 2.00 bits per heavy atom. The zero-order chi connectivity index (χ0) is 12.2.